The second-order valence-corrected chi connectivity index (χ2v) is 30.4. The Morgan fingerprint density at radius 3 is 1.33 bits per heavy atom. The molecule has 246 valence electrons. The van der Waals surface area contributed by atoms with E-state index in [1.54, 1.807) is 49.0 Å². The summed E-state index contributed by atoms with van der Waals surface area (Å²) in [7, 11) is -2.56. The van der Waals surface area contributed by atoms with Crippen LogP contribution in [-0.2, 0) is 20.3 Å². The summed E-state index contributed by atoms with van der Waals surface area (Å²) in [5.41, 5.74) is 15.7. The van der Waals surface area contributed by atoms with Crippen molar-refractivity contribution >= 4 is 23.7 Å². The third-order valence-electron chi connectivity index (χ3n) is 12.6. The quantitative estimate of drug-likeness (QED) is 0.132. The fourth-order valence-electron chi connectivity index (χ4n) is 10.9. The standard InChI is InChI=1S/C39H32Si.2C4H9.Zr/c1-27-25-31-19-13-23-34(29-15-7-4-8-16-29)36(31)38(27)40(3,33-21-11-6-12-22-33)39-28(2)26-32-20-14-24-35(37(32)39)30-17-9-5-10-18-30;2*1-3-4-2;/h4-26H,1-3H3;2*1,3-4H2,2H3;. The third kappa shape index (κ3) is 4.92. The summed E-state index contributed by atoms with van der Waals surface area (Å²) >= 11 is -3.25. The van der Waals surface area contributed by atoms with Crippen LogP contribution in [0.25, 0.3) is 32.6 Å². The molecule has 4 bridgehead atoms. The van der Waals surface area contributed by atoms with Gasteiger partial charge in [-0.1, -0.05) is 0 Å². The number of fused-ring (bicyclic) bond motifs is 8. The minimum absolute atomic E-state index is 0.601. The summed E-state index contributed by atoms with van der Waals surface area (Å²) in [6.07, 6.45) is 5.26. The Hall–Kier alpha value is -3.32. The monoisotopic (exact) mass is 732 g/mol. The van der Waals surface area contributed by atoms with Gasteiger partial charge in [0.1, 0.15) is 0 Å². The van der Waals surface area contributed by atoms with Crippen molar-refractivity contribution < 1.29 is 20.3 Å². The van der Waals surface area contributed by atoms with E-state index in [1.807, 2.05) is 0 Å². The number of benzene rings is 5. The van der Waals surface area contributed by atoms with Crippen LogP contribution in [0, 0.1) is 0 Å². The van der Waals surface area contributed by atoms with Gasteiger partial charge in [0, 0.05) is 0 Å². The molecule has 0 N–H and O–H groups in total. The molecule has 1 heterocycles. The molecule has 49 heavy (non-hydrogen) atoms. The van der Waals surface area contributed by atoms with Crippen LogP contribution in [-0.4, -0.2) is 8.07 Å². The van der Waals surface area contributed by atoms with Gasteiger partial charge in [0.05, 0.1) is 0 Å². The van der Waals surface area contributed by atoms with Gasteiger partial charge in [0.25, 0.3) is 0 Å². The fourth-order valence-corrected chi connectivity index (χ4v) is 35.1. The molecule has 2 heteroatoms. The van der Waals surface area contributed by atoms with Gasteiger partial charge < -0.3 is 0 Å². The van der Waals surface area contributed by atoms with Crippen molar-refractivity contribution in [1.29, 1.82) is 0 Å². The van der Waals surface area contributed by atoms with Crippen molar-refractivity contribution in [2.75, 3.05) is 0 Å². The Labute approximate surface area is 300 Å². The van der Waals surface area contributed by atoms with E-state index in [2.05, 4.69) is 162 Å². The van der Waals surface area contributed by atoms with Crippen LogP contribution >= 0.6 is 0 Å². The number of unbranched alkanes of at least 4 members (excludes halogenated alkanes) is 2. The molecule has 0 radical (unpaired) electrons. The maximum atomic E-state index is 2.74. The predicted octanol–water partition coefficient (Wildman–Crippen LogP) is 13.0. The number of rotatable bonds is 9. The zero-order valence-corrected chi connectivity index (χ0v) is 33.5. The van der Waals surface area contributed by atoms with Gasteiger partial charge in [-0.2, -0.15) is 0 Å². The van der Waals surface area contributed by atoms with Crippen LogP contribution in [0.2, 0.25) is 14.8 Å². The molecule has 1 aliphatic heterocycles. The first kappa shape index (κ1) is 32.9. The van der Waals surface area contributed by atoms with E-state index in [9.17, 15) is 0 Å². The minimum atomic E-state index is -3.25. The molecule has 2 aliphatic carbocycles. The summed E-state index contributed by atoms with van der Waals surface area (Å²) in [5, 5.41) is 5.01. The molecule has 5 aromatic rings. The van der Waals surface area contributed by atoms with Gasteiger partial charge in [-0.05, 0) is 0 Å². The van der Waals surface area contributed by atoms with Crippen LogP contribution in [0.5, 0.6) is 0 Å². The van der Waals surface area contributed by atoms with Crippen LogP contribution in [0.4, 0.5) is 0 Å². The topological polar surface area (TPSA) is 0 Å². The summed E-state index contributed by atoms with van der Waals surface area (Å²) in [5.74, 6) is 0. The molecule has 8 rings (SSSR count). The maximum absolute atomic E-state index is 3.25. The molecule has 0 nitrogen and oxygen atoms in total. The molecular weight excluding hydrogens is 684 g/mol. The second kappa shape index (κ2) is 13.1. The SMILES string of the molecule is CCC[CH2][Zr]1([CH2]CCC)[CH]2C(C)=C(c3c(-c4ccccc4)cccc32)[Si](C)(c2ccccc2)C2=C(C)[CH]1c1cccc(-c3ccccc3)c12. The van der Waals surface area contributed by atoms with Crippen LogP contribution < -0.4 is 5.19 Å². The van der Waals surface area contributed by atoms with Gasteiger partial charge in [-0.3, -0.25) is 0 Å². The number of hydrogen-bond acceptors (Lipinski definition) is 0. The molecular formula is C47H50SiZr. The Morgan fingerprint density at radius 1 is 0.510 bits per heavy atom. The summed E-state index contributed by atoms with van der Waals surface area (Å²) in [6, 6.07) is 49.3. The van der Waals surface area contributed by atoms with Crippen LogP contribution in [0.1, 0.15) is 82.9 Å². The first-order valence-corrected chi connectivity index (χ1v) is 27.6. The van der Waals surface area contributed by atoms with Crippen molar-refractivity contribution in [1.82, 2.24) is 0 Å². The van der Waals surface area contributed by atoms with Gasteiger partial charge in [0.15, 0.2) is 0 Å². The Morgan fingerprint density at radius 2 is 0.918 bits per heavy atom. The van der Waals surface area contributed by atoms with Crippen LogP contribution in [0.3, 0.4) is 0 Å². The predicted molar refractivity (Wildman–Crippen MR) is 212 cm³/mol. The van der Waals surface area contributed by atoms with E-state index in [4.69, 9.17) is 0 Å². The van der Waals surface area contributed by atoms with E-state index in [0.717, 1.165) is 0 Å². The van der Waals surface area contributed by atoms with Gasteiger partial charge in [-0.25, -0.2) is 0 Å². The Balaban J connectivity index is 1.56. The molecule has 0 aromatic heterocycles. The molecule has 2 atom stereocenters. The molecule has 0 saturated carbocycles. The zero-order chi connectivity index (χ0) is 33.8. The number of allylic oxidation sites excluding steroid dienone is 2. The normalized spacial score (nSPS) is 21.7. The second-order valence-electron chi connectivity index (χ2n) is 15.2. The van der Waals surface area contributed by atoms with Crippen molar-refractivity contribution in [3.8, 4) is 22.3 Å². The first-order chi connectivity index (χ1) is 24.0. The molecule has 5 aromatic carbocycles. The third-order valence-corrected chi connectivity index (χ3v) is 33.0. The van der Waals surface area contributed by atoms with Gasteiger partial charge in [-0.15, -0.1) is 0 Å². The van der Waals surface area contributed by atoms with Crippen molar-refractivity contribution in [2.24, 2.45) is 0 Å². The molecule has 3 aliphatic rings. The first-order valence-electron chi connectivity index (χ1n) is 18.8. The molecule has 2 unspecified atom stereocenters. The average Bonchev–Trinajstić information content (AvgIpc) is 3.65. The molecule has 0 amide bonds. The van der Waals surface area contributed by atoms with Crippen molar-refractivity contribution in [3.05, 3.63) is 161 Å². The van der Waals surface area contributed by atoms with Gasteiger partial charge in [0.2, 0.25) is 0 Å². The van der Waals surface area contributed by atoms with Crippen molar-refractivity contribution in [3.63, 3.8) is 0 Å². The Bertz CT molecular complexity index is 1940. The summed E-state index contributed by atoms with van der Waals surface area (Å²) in [6.45, 7) is 12.8. The fraction of sp³-hybridized carbons (Fsp3) is 0.277. The van der Waals surface area contributed by atoms with Crippen molar-refractivity contribution in [2.45, 2.75) is 75.4 Å². The van der Waals surface area contributed by atoms with Gasteiger partial charge >= 0.3 is 302 Å². The van der Waals surface area contributed by atoms with E-state index >= 15 is 0 Å². The Kier molecular flexibility index (Phi) is 8.78. The zero-order valence-electron chi connectivity index (χ0n) is 30.0. The van der Waals surface area contributed by atoms with E-state index < -0.39 is 28.3 Å². The average molecular weight is 734 g/mol. The molecule has 0 spiro atoms. The molecule has 0 fully saturated rings. The summed E-state index contributed by atoms with van der Waals surface area (Å²) in [4.78, 5) is 0. The number of hydrogen-bond donors (Lipinski definition) is 0. The molecule has 0 saturated heterocycles. The van der Waals surface area contributed by atoms with Crippen LogP contribution in [0.15, 0.2) is 139 Å². The van der Waals surface area contributed by atoms with E-state index in [0.29, 0.717) is 7.25 Å². The van der Waals surface area contributed by atoms with E-state index in [-0.39, 0.29) is 0 Å². The van der Waals surface area contributed by atoms with E-state index in [1.165, 1.54) is 56.2 Å². The summed E-state index contributed by atoms with van der Waals surface area (Å²) < 4.78 is 4.13.